The minimum atomic E-state index is -3.80. The van der Waals surface area contributed by atoms with E-state index < -0.39 is 21.7 Å². The molecule has 0 radical (unpaired) electrons. The SMILES string of the molecule is CC1CC(C)CN(S(=O)(=O)c2ccc(Cl)c(C(=O)N(C)Cc3cc(F)ccc3Oc3ccc(Br)cc3)c2)C1. The maximum absolute atomic E-state index is 14.1. The topological polar surface area (TPSA) is 66.9 Å². The summed E-state index contributed by atoms with van der Waals surface area (Å²) in [6.45, 7) is 4.94. The Bertz CT molecular complexity index is 1430. The number of carbonyl (C=O) groups excluding carboxylic acids is 1. The first-order chi connectivity index (χ1) is 17.9. The van der Waals surface area contributed by atoms with Crippen LogP contribution in [-0.2, 0) is 16.6 Å². The van der Waals surface area contributed by atoms with E-state index >= 15 is 0 Å². The van der Waals surface area contributed by atoms with Gasteiger partial charge in [-0.3, -0.25) is 4.79 Å². The van der Waals surface area contributed by atoms with Gasteiger partial charge in [-0.05, 0) is 78.9 Å². The second-order valence-corrected chi connectivity index (χ2v) is 13.1. The Hall–Kier alpha value is -2.46. The van der Waals surface area contributed by atoms with Gasteiger partial charge in [-0.1, -0.05) is 41.4 Å². The zero-order valence-electron chi connectivity index (χ0n) is 21.3. The smallest absolute Gasteiger partial charge is 0.255 e. The summed E-state index contributed by atoms with van der Waals surface area (Å²) in [4.78, 5) is 14.8. The lowest BCUT2D eigenvalue weighted by Gasteiger charge is -2.34. The van der Waals surface area contributed by atoms with E-state index in [0.717, 1.165) is 10.9 Å². The second-order valence-electron chi connectivity index (χ2n) is 9.88. The molecule has 3 aromatic rings. The van der Waals surface area contributed by atoms with E-state index in [-0.39, 0.29) is 33.9 Å². The molecule has 2 atom stereocenters. The summed E-state index contributed by atoms with van der Waals surface area (Å²) >= 11 is 9.73. The number of rotatable bonds is 7. The molecule has 4 rings (SSSR count). The fourth-order valence-electron chi connectivity index (χ4n) is 4.71. The van der Waals surface area contributed by atoms with Crippen LogP contribution < -0.4 is 4.74 Å². The average molecular weight is 624 g/mol. The van der Waals surface area contributed by atoms with Gasteiger partial charge < -0.3 is 9.64 Å². The van der Waals surface area contributed by atoms with Crippen LogP contribution in [-0.4, -0.2) is 43.7 Å². The summed E-state index contributed by atoms with van der Waals surface area (Å²) < 4.78 is 49.2. The molecule has 1 fully saturated rings. The number of hydrogen-bond donors (Lipinski definition) is 0. The first-order valence-corrected chi connectivity index (χ1v) is 14.8. The van der Waals surface area contributed by atoms with Gasteiger partial charge in [0.2, 0.25) is 10.0 Å². The Kier molecular flexibility index (Phi) is 8.82. The molecule has 2 unspecified atom stereocenters. The molecule has 0 spiro atoms. The molecule has 0 aromatic heterocycles. The number of amides is 1. The summed E-state index contributed by atoms with van der Waals surface area (Å²) in [5.74, 6) is 0.467. The van der Waals surface area contributed by atoms with Crippen molar-refractivity contribution in [3.8, 4) is 11.5 Å². The second kappa shape index (κ2) is 11.7. The van der Waals surface area contributed by atoms with Crippen molar-refractivity contribution < 1.29 is 22.3 Å². The molecular formula is C28H29BrClFN2O4S. The van der Waals surface area contributed by atoms with E-state index in [2.05, 4.69) is 15.9 Å². The number of hydrogen-bond acceptors (Lipinski definition) is 4. The Morgan fingerprint density at radius 2 is 1.74 bits per heavy atom. The minimum absolute atomic E-state index is 0.0108. The Morgan fingerprint density at radius 1 is 1.08 bits per heavy atom. The molecule has 0 N–H and O–H groups in total. The highest BCUT2D eigenvalue weighted by Gasteiger charge is 2.32. The molecule has 38 heavy (non-hydrogen) atoms. The van der Waals surface area contributed by atoms with E-state index in [1.54, 1.807) is 19.2 Å². The van der Waals surface area contributed by atoms with Gasteiger partial charge in [0, 0.05) is 36.7 Å². The number of halogens is 3. The van der Waals surface area contributed by atoms with Crippen molar-refractivity contribution in [1.82, 2.24) is 9.21 Å². The molecule has 3 aromatic carbocycles. The summed E-state index contributed by atoms with van der Waals surface area (Å²) in [7, 11) is -2.26. The van der Waals surface area contributed by atoms with Gasteiger partial charge >= 0.3 is 0 Å². The van der Waals surface area contributed by atoms with Crippen molar-refractivity contribution in [2.24, 2.45) is 11.8 Å². The van der Waals surface area contributed by atoms with E-state index in [1.807, 2.05) is 26.0 Å². The van der Waals surface area contributed by atoms with Gasteiger partial charge in [-0.15, -0.1) is 0 Å². The first kappa shape index (κ1) is 28.5. The number of benzene rings is 3. The number of nitrogens with zero attached hydrogens (tertiary/aromatic N) is 2. The average Bonchev–Trinajstić information content (AvgIpc) is 2.86. The summed E-state index contributed by atoms with van der Waals surface area (Å²) in [6, 6.07) is 15.4. The van der Waals surface area contributed by atoms with Crippen LogP contribution in [0.3, 0.4) is 0 Å². The van der Waals surface area contributed by atoms with Crippen LogP contribution in [0.4, 0.5) is 4.39 Å². The third kappa shape index (κ3) is 6.57. The molecule has 10 heteroatoms. The van der Waals surface area contributed by atoms with E-state index in [0.29, 0.717) is 30.2 Å². The van der Waals surface area contributed by atoms with Crippen LogP contribution in [0.25, 0.3) is 0 Å². The van der Waals surface area contributed by atoms with Crippen molar-refractivity contribution in [3.05, 3.63) is 87.1 Å². The zero-order valence-corrected chi connectivity index (χ0v) is 24.5. The standard InChI is InChI=1S/C28H29BrClFN2O4S/c1-18-12-19(2)16-33(15-18)38(35,36)24-9-10-26(30)25(14-24)28(34)32(3)17-20-13-22(31)6-11-27(20)37-23-7-4-21(29)5-8-23/h4-11,13-14,18-19H,12,15-17H2,1-3H3. The summed E-state index contributed by atoms with van der Waals surface area (Å²) in [5, 5.41) is 0.131. The Morgan fingerprint density at radius 3 is 2.39 bits per heavy atom. The van der Waals surface area contributed by atoms with Gasteiger partial charge in [0.05, 0.1) is 15.5 Å². The molecule has 1 saturated heterocycles. The van der Waals surface area contributed by atoms with Crippen LogP contribution in [0.1, 0.15) is 36.2 Å². The largest absolute Gasteiger partial charge is 0.457 e. The van der Waals surface area contributed by atoms with Gasteiger partial charge in [0.1, 0.15) is 17.3 Å². The third-order valence-electron chi connectivity index (χ3n) is 6.46. The van der Waals surface area contributed by atoms with Crippen molar-refractivity contribution in [3.63, 3.8) is 0 Å². The van der Waals surface area contributed by atoms with Crippen LogP contribution >= 0.6 is 27.5 Å². The molecule has 1 amide bonds. The van der Waals surface area contributed by atoms with Crippen LogP contribution in [0, 0.1) is 17.7 Å². The molecular weight excluding hydrogens is 595 g/mol. The van der Waals surface area contributed by atoms with Crippen molar-refractivity contribution >= 4 is 43.5 Å². The number of carbonyl (C=O) groups is 1. The highest BCUT2D eigenvalue weighted by atomic mass is 79.9. The van der Waals surface area contributed by atoms with E-state index in [4.69, 9.17) is 16.3 Å². The third-order valence-corrected chi connectivity index (χ3v) is 9.15. The van der Waals surface area contributed by atoms with Crippen molar-refractivity contribution in [2.45, 2.75) is 31.7 Å². The lowest BCUT2D eigenvalue weighted by Crippen LogP contribution is -2.42. The van der Waals surface area contributed by atoms with Gasteiger partial charge in [-0.25, -0.2) is 12.8 Å². The first-order valence-electron chi connectivity index (χ1n) is 12.2. The fourth-order valence-corrected chi connectivity index (χ4v) is 6.88. The molecule has 1 aliphatic heterocycles. The number of ether oxygens (including phenoxy) is 1. The van der Waals surface area contributed by atoms with E-state index in [1.165, 1.54) is 45.6 Å². The van der Waals surface area contributed by atoms with Crippen LogP contribution in [0.2, 0.25) is 5.02 Å². The maximum Gasteiger partial charge on any atom is 0.255 e. The predicted octanol–water partition coefficient (Wildman–Crippen LogP) is 6.97. The lowest BCUT2D eigenvalue weighted by molar-refractivity contribution is 0.0784. The van der Waals surface area contributed by atoms with Crippen molar-refractivity contribution in [1.29, 1.82) is 0 Å². The Balaban J connectivity index is 1.58. The van der Waals surface area contributed by atoms with Crippen LogP contribution in [0.15, 0.2) is 70.0 Å². The molecule has 202 valence electrons. The molecule has 0 aliphatic carbocycles. The number of sulfonamides is 1. The van der Waals surface area contributed by atoms with Gasteiger partial charge in [0.25, 0.3) is 5.91 Å². The molecule has 0 saturated carbocycles. The quantitative estimate of drug-likeness (QED) is 0.285. The number of piperidine rings is 1. The molecule has 1 heterocycles. The molecule has 0 bridgehead atoms. The monoisotopic (exact) mass is 622 g/mol. The minimum Gasteiger partial charge on any atom is -0.457 e. The predicted molar refractivity (Wildman–Crippen MR) is 150 cm³/mol. The summed E-state index contributed by atoms with van der Waals surface area (Å²) in [6.07, 6.45) is 0.967. The highest BCUT2D eigenvalue weighted by Crippen LogP contribution is 2.31. The van der Waals surface area contributed by atoms with Crippen molar-refractivity contribution in [2.75, 3.05) is 20.1 Å². The summed E-state index contributed by atoms with van der Waals surface area (Å²) in [5.41, 5.74) is 0.500. The Labute approximate surface area is 236 Å². The fraction of sp³-hybridized carbons (Fsp3) is 0.321. The molecule has 1 aliphatic rings. The zero-order chi connectivity index (χ0) is 27.6. The lowest BCUT2D eigenvalue weighted by atomic mass is 9.94. The molecule has 6 nitrogen and oxygen atoms in total. The van der Waals surface area contributed by atoms with E-state index in [9.17, 15) is 17.6 Å². The van der Waals surface area contributed by atoms with Crippen LogP contribution in [0.5, 0.6) is 11.5 Å². The van der Waals surface area contributed by atoms with Gasteiger partial charge in [0.15, 0.2) is 0 Å². The normalized spacial score (nSPS) is 18.3. The maximum atomic E-state index is 14.1. The van der Waals surface area contributed by atoms with Gasteiger partial charge in [-0.2, -0.15) is 4.31 Å². The highest BCUT2D eigenvalue weighted by molar-refractivity contribution is 9.10.